The highest BCUT2D eigenvalue weighted by Crippen LogP contribution is 2.21. The second-order valence-electron chi connectivity index (χ2n) is 4.21. The van der Waals surface area contributed by atoms with Gasteiger partial charge in [0.1, 0.15) is 0 Å². The van der Waals surface area contributed by atoms with E-state index in [-0.39, 0.29) is 0 Å². The van der Waals surface area contributed by atoms with Gasteiger partial charge < -0.3 is 9.73 Å². The second kappa shape index (κ2) is 5.16. The number of rotatable bonds is 5. The number of nitrogens with one attached hydrogen (secondary N) is 1. The number of nitrogens with zero attached hydrogens (tertiary/aromatic N) is 1. The maximum Gasteiger partial charge on any atom is 0.183 e. The van der Waals surface area contributed by atoms with Crippen LogP contribution < -0.4 is 5.32 Å². The van der Waals surface area contributed by atoms with Gasteiger partial charge in [0.05, 0.1) is 12.5 Å². The molecule has 86 valence electrons. The zero-order chi connectivity index (χ0) is 11.4. The molecule has 2 aromatic rings. The van der Waals surface area contributed by atoms with Crippen molar-refractivity contribution in [2.75, 3.05) is 5.32 Å². The highest BCUT2D eigenvalue weighted by Gasteiger charge is 2.04. The largest absolute Gasteiger partial charge is 0.472 e. The van der Waals surface area contributed by atoms with Gasteiger partial charge >= 0.3 is 0 Å². The van der Waals surface area contributed by atoms with E-state index in [4.69, 9.17) is 4.42 Å². The summed E-state index contributed by atoms with van der Waals surface area (Å²) in [5, 5.41) is 4.27. The van der Waals surface area contributed by atoms with Gasteiger partial charge in [-0.05, 0) is 18.4 Å². The van der Waals surface area contributed by atoms with Crippen molar-refractivity contribution in [1.29, 1.82) is 0 Å². The van der Waals surface area contributed by atoms with E-state index in [0.717, 1.165) is 23.7 Å². The van der Waals surface area contributed by atoms with Gasteiger partial charge in [-0.25, -0.2) is 4.98 Å². The highest BCUT2D eigenvalue weighted by atomic mass is 32.1. The van der Waals surface area contributed by atoms with E-state index in [2.05, 4.69) is 24.1 Å². The lowest BCUT2D eigenvalue weighted by atomic mass is 10.1. The van der Waals surface area contributed by atoms with E-state index in [1.165, 1.54) is 4.88 Å². The average Bonchev–Trinajstić information content (AvgIpc) is 2.84. The van der Waals surface area contributed by atoms with Crippen molar-refractivity contribution in [3.05, 3.63) is 35.2 Å². The van der Waals surface area contributed by atoms with Gasteiger partial charge in [-0.2, -0.15) is 0 Å². The molecular weight excluding hydrogens is 220 g/mol. The first kappa shape index (κ1) is 11.2. The molecule has 0 amide bonds. The molecule has 3 nitrogen and oxygen atoms in total. The van der Waals surface area contributed by atoms with E-state index in [1.54, 1.807) is 23.9 Å². The fourth-order valence-electron chi connectivity index (χ4n) is 1.46. The Morgan fingerprint density at radius 1 is 1.50 bits per heavy atom. The Morgan fingerprint density at radius 2 is 2.38 bits per heavy atom. The van der Waals surface area contributed by atoms with Gasteiger partial charge in [0.15, 0.2) is 5.13 Å². The molecule has 2 aromatic heterocycles. The molecular formula is C12H16N2OS. The molecule has 0 aliphatic rings. The number of furan rings is 1. The molecule has 2 rings (SSSR count). The van der Waals surface area contributed by atoms with Crippen LogP contribution in [0.3, 0.4) is 0 Å². The predicted octanol–water partition coefficient (Wildman–Crippen LogP) is 3.55. The summed E-state index contributed by atoms with van der Waals surface area (Å²) in [5.41, 5.74) is 1.14. The number of thiazole rings is 1. The molecule has 0 fully saturated rings. The SMILES string of the molecule is CC(C)Cc1cnc(NCc2ccoc2)s1. The van der Waals surface area contributed by atoms with E-state index < -0.39 is 0 Å². The Morgan fingerprint density at radius 3 is 3.06 bits per heavy atom. The smallest absolute Gasteiger partial charge is 0.183 e. The standard InChI is InChI=1S/C12H16N2OS/c1-9(2)5-11-7-14-12(16-11)13-6-10-3-4-15-8-10/h3-4,7-9H,5-6H2,1-2H3,(H,13,14). The minimum absolute atomic E-state index is 0.683. The van der Waals surface area contributed by atoms with Crippen molar-refractivity contribution < 1.29 is 4.42 Å². The molecule has 0 bridgehead atoms. The Bertz CT molecular complexity index is 420. The quantitative estimate of drug-likeness (QED) is 0.862. The first-order valence-corrected chi connectivity index (χ1v) is 6.25. The third-order valence-electron chi connectivity index (χ3n) is 2.19. The van der Waals surface area contributed by atoms with Gasteiger partial charge in [-0.15, -0.1) is 11.3 Å². The van der Waals surface area contributed by atoms with Crippen LogP contribution in [0, 0.1) is 5.92 Å². The van der Waals surface area contributed by atoms with Crippen molar-refractivity contribution >= 4 is 16.5 Å². The topological polar surface area (TPSA) is 38.1 Å². The fraction of sp³-hybridized carbons (Fsp3) is 0.417. The fourth-order valence-corrected chi connectivity index (χ4v) is 2.48. The van der Waals surface area contributed by atoms with E-state index >= 15 is 0 Å². The summed E-state index contributed by atoms with van der Waals surface area (Å²) in [6.45, 7) is 5.21. The van der Waals surface area contributed by atoms with Crippen molar-refractivity contribution in [2.24, 2.45) is 5.92 Å². The highest BCUT2D eigenvalue weighted by molar-refractivity contribution is 7.15. The van der Waals surface area contributed by atoms with Crippen molar-refractivity contribution in [2.45, 2.75) is 26.8 Å². The summed E-state index contributed by atoms with van der Waals surface area (Å²) < 4.78 is 5.00. The van der Waals surface area contributed by atoms with Crippen LogP contribution in [-0.4, -0.2) is 4.98 Å². The number of hydrogen-bond acceptors (Lipinski definition) is 4. The van der Waals surface area contributed by atoms with E-state index in [9.17, 15) is 0 Å². The molecule has 0 atom stereocenters. The number of anilines is 1. The van der Waals surface area contributed by atoms with Crippen LogP contribution in [0.2, 0.25) is 0 Å². The zero-order valence-electron chi connectivity index (χ0n) is 9.56. The molecule has 0 unspecified atom stereocenters. The lowest BCUT2D eigenvalue weighted by Gasteiger charge is -2.00. The van der Waals surface area contributed by atoms with Crippen molar-refractivity contribution in [3.8, 4) is 0 Å². The van der Waals surface area contributed by atoms with Gasteiger partial charge in [0.2, 0.25) is 0 Å². The summed E-state index contributed by atoms with van der Waals surface area (Å²) >= 11 is 1.73. The molecule has 0 aliphatic carbocycles. The minimum Gasteiger partial charge on any atom is -0.472 e. The minimum atomic E-state index is 0.683. The molecule has 2 heterocycles. The lowest BCUT2D eigenvalue weighted by Crippen LogP contribution is -1.96. The van der Waals surface area contributed by atoms with Crippen LogP contribution in [0.15, 0.2) is 29.2 Å². The predicted molar refractivity (Wildman–Crippen MR) is 66.7 cm³/mol. The summed E-state index contributed by atoms with van der Waals surface area (Å²) in [4.78, 5) is 5.68. The average molecular weight is 236 g/mol. The molecule has 4 heteroatoms. The first-order valence-electron chi connectivity index (χ1n) is 5.43. The van der Waals surface area contributed by atoms with Crippen LogP contribution in [0.4, 0.5) is 5.13 Å². The molecule has 1 N–H and O–H groups in total. The van der Waals surface area contributed by atoms with Gasteiger partial charge in [0, 0.05) is 23.2 Å². The Labute approximate surface area is 99.5 Å². The summed E-state index contributed by atoms with van der Waals surface area (Å²) in [5.74, 6) is 0.683. The third-order valence-corrected chi connectivity index (χ3v) is 3.16. The molecule has 0 aliphatic heterocycles. The van der Waals surface area contributed by atoms with Gasteiger partial charge in [-0.1, -0.05) is 13.8 Å². The first-order chi connectivity index (χ1) is 7.74. The number of aromatic nitrogens is 1. The van der Waals surface area contributed by atoms with Crippen LogP contribution in [0.5, 0.6) is 0 Å². The van der Waals surface area contributed by atoms with Crippen LogP contribution in [0.25, 0.3) is 0 Å². The van der Waals surface area contributed by atoms with Gasteiger partial charge in [0.25, 0.3) is 0 Å². The van der Waals surface area contributed by atoms with Crippen molar-refractivity contribution in [3.63, 3.8) is 0 Å². The van der Waals surface area contributed by atoms with Crippen molar-refractivity contribution in [1.82, 2.24) is 4.98 Å². The Balaban J connectivity index is 1.88. The maximum absolute atomic E-state index is 5.00. The molecule has 16 heavy (non-hydrogen) atoms. The van der Waals surface area contributed by atoms with E-state index in [1.807, 2.05) is 12.3 Å². The molecule has 0 spiro atoms. The summed E-state index contributed by atoms with van der Waals surface area (Å²) in [6.07, 6.45) is 6.49. The van der Waals surface area contributed by atoms with Crippen LogP contribution in [-0.2, 0) is 13.0 Å². The number of hydrogen-bond donors (Lipinski definition) is 1. The zero-order valence-corrected chi connectivity index (χ0v) is 10.4. The molecule has 0 saturated carbocycles. The van der Waals surface area contributed by atoms with Gasteiger partial charge in [-0.3, -0.25) is 0 Å². The van der Waals surface area contributed by atoms with E-state index in [0.29, 0.717) is 5.92 Å². The maximum atomic E-state index is 5.00. The lowest BCUT2D eigenvalue weighted by molar-refractivity contribution is 0.564. The summed E-state index contributed by atoms with van der Waals surface area (Å²) in [6, 6.07) is 1.95. The van der Waals surface area contributed by atoms with Crippen LogP contribution in [0.1, 0.15) is 24.3 Å². The third kappa shape index (κ3) is 3.10. The molecule has 0 saturated heterocycles. The Kier molecular flexibility index (Phi) is 3.62. The molecule has 0 aromatic carbocycles. The summed E-state index contributed by atoms with van der Waals surface area (Å²) in [7, 11) is 0. The molecule has 0 radical (unpaired) electrons. The Hall–Kier alpha value is -1.29. The normalized spacial score (nSPS) is 10.9. The monoisotopic (exact) mass is 236 g/mol. The second-order valence-corrected chi connectivity index (χ2v) is 5.33. The van der Waals surface area contributed by atoms with Crippen LogP contribution >= 0.6 is 11.3 Å².